The topological polar surface area (TPSA) is 96.0 Å². The molecular formula is C36H35F4N3O5. The van der Waals surface area contributed by atoms with Crippen LogP contribution in [0, 0.1) is 16.0 Å². The summed E-state index contributed by atoms with van der Waals surface area (Å²) >= 11 is 0. The molecule has 8 nitrogen and oxygen atoms in total. The number of ether oxygens (including phenoxy) is 1. The fourth-order valence-corrected chi connectivity index (χ4v) is 5.94. The first-order valence-corrected chi connectivity index (χ1v) is 15.7. The lowest BCUT2D eigenvalue weighted by Gasteiger charge is -2.18. The number of non-ortho nitro benzene ring substituents is 1. The fourth-order valence-electron chi connectivity index (χ4n) is 5.94. The molecule has 1 heterocycles. The van der Waals surface area contributed by atoms with Crippen molar-refractivity contribution in [1.29, 1.82) is 0 Å². The van der Waals surface area contributed by atoms with E-state index in [4.69, 9.17) is 9.57 Å². The Hall–Kier alpha value is -5.00. The van der Waals surface area contributed by atoms with Crippen LogP contribution in [0.5, 0.6) is 5.75 Å². The molecule has 0 N–H and O–H groups in total. The highest BCUT2D eigenvalue weighted by Gasteiger charge is 2.41. The maximum atomic E-state index is 13.4. The van der Waals surface area contributed by atoms with E-state index in [9.17, 15) is 32.5 Å². The average Bonchev–Trinajstić information content (AvgIpc) is 3.38. The zero-order valence-corrected chi connectivity index (χ0v) is 26.7. The van der Waals surface area contributed by atoms with E-state index in [0.717, 1.165) is 47.5 Å². The predicted octanol–water partition coefficient (Wildman–Crippen LogP) is 9.67. The van der Waals surface area contributed by atoms with E-state index in [1.807, 2.05) is 24.3 Å². The molecule has 0 saturated carbocycles. The van der Waals surface area contributed by atoms with Crippen LogP contribution in [0.3, 0.4) is 0 Å². The second-order valence-corrected chi connectivity index (χ2v) is 11.8. The minimum absolute atomic E-state index is 0.0256. The van der Waals surface area contributed by atoms with E-state index in [2.05, 4.69) is 23.6 Å². The number of rotatable bonds is 14. The Morgan fingerprint density at radius 2 is 1.65 bits per heavy atom. The number of oxime groups is 1. The van der Waals surface area contributed by atoms with Crippen molar-refractivity contribution < 1.29 is 36.9 Å². The molecule has 0 aliphatic carbocycles. The summed E-state index contributed by atoms with van der Waals surface area (Å²) < 4.78 is 59.1. The lowest BCUT2D eigenvalue weighted by Crippen LogP contribution is -2.33. The highest BCUT2D eigenvalue weighted by molar-refractivity contribution is 6.22. The lowest BCUT2D eigenvalue weighted by atomic mass is 9.99. The first kappa shape index (κ1) is 34.3. The number of unbranched alkanes of at least 4 members (excludes halogenated alkanes) is 1. The van der Waals surface area contributed by atoms with Crippen LogP contribution in [-0.2, 0) is 16.2 Å². The van der Waals surface area contributed by atoms with Crippen molar-refractivity contribution in [2.24, 2.45) is 11.1 Å². The number of nitro benzene ring substituents is 1. The molecule has 0 amide bonds. The molecule has 5 rings (SSSR count). The maximum Gasteiger partial charge on any atom is 0.340 e. The van der Waals surface area contributed by atoms with Gasteiger partial charge in [0.2, 0.25) is 0 Å². The zero-order valence-electron chi connectivity index (χ0n) is 26.7. The molecule has 0 radical (unpaired) electrons. The standard InChI is InChI=1S/C36H35F4N3O5/c1-4-6-9-23(5-2)20-42-31-17-14-25(18-29(31)30-19-32(43(45)46)27-10-7-8-11-28(27)34(30)42)33(41-48-22(3)44)24-12-15-26(16-13-24)47-21-36(39,40)35(37)38/h7-8,10-19,23,35H,4-6,9,20-21H2,1-3H3/b41-33-. The number of benzene rings is 4. The Morgan fingerprint density at radius 1 is 0.958 bits per heavy atom. The third kappa shape index (κ3) is 7.12. The Bertz CT molecular complexity index is 1990. The summed E-state index contributed by atoms with van der Waals surface area (Å²) in [7, 11) is 0. The SMILES string of the molecule is CCCCC(CC)Cn1c2ccc(/C(=N\OC(C)=O)c3ccc(OCC(F)(F)C(F)F)cc3)cc2c2cc([N+](=O)[O-])c3ccccc3c21. The summed E-state index contributed by atoms with van der Waals surface area (Å²) in [6.45, 7) is 4.71. The van der Waals surface area contributed by atoms with Crippen molar-refractivity contribution in [2.45, 2.75) is 65.3 Å². The number of nitro groups is 1. The number of alkyl halides is 4. The van der Waals surface area contributed by atoms with Crippen LogP contribution in [0.2, 0.25) is 0 Å². The van der Waals surface area contributed by atoms with Crippen LogP contribution < -0.4 is 4.74 Å². The van der Waals surface area contributed by atoms with E-state index in [-0.39, 0.29) is 22.1 Å². The van der Waals surface area contributed by atoms with Gasteiger partial charge in [0, 0.05) is 52.3 Å². The quantitative estimate of drug-likeness (QED) is 0.0387. The first-order chi connectivity index (χ1) is 22.9. The van der Waals surface area contributed by atoms with Gasteiger partial charge in [0.1, 0.15) is 11.5 Å². The summed E-state index contributed by atoms with van der Waals surface area (Å²) in [6.07, 6.45) is 0.282. The van der Waals surface area contributed by atoms with E-state index >= 15 is 0 Å². The van der Waals surface area contributed by atoms with Crippen molar-refractivity contribution >= 4 is 49.9 Å². The minimum Gasteiger partial charge on any atom is -0.487 e. The number of nitrogens with zero attached hydrogens (tertiary/aromatic N) is 3. The van der Waals surface area contributed by atoms with Gasteiger partial charge in [-0.2, -0.15) is 8.78 Å². The van der Waals surface area contributed by atoms with Crippen molar-refractivity contribution in [2.75, 3.05) is 6.61 Å². The van der Waals surface area contributed by atoms with E-state index in [0.29, 0.717) is 34.4 Å². The summed E-state index contributed by atoms with van der Waals surface area (Å²) in [6, 6.07) is 20.0. The largest absolute Gasteiger partial charge is 0.487 e. The monoisotopic (exact) mass is 665 g/mol. The minimum atomic E-state index is -4.32. The molecule has 0 aliphatic rings. The molecule has 252 valence electrons. The molecule has 1 aromatic heterocycles. The normalized spacial score (nSPS) is 13.0. The van der Waals surface area contributed by atoms with Crippen LogP contribution in [0.4, 0.5) is 23.2 Å². The molecule has 1 unspecified atom stereocenters. The van der Waals surface area contributed by atoms with Gasteiger partial charge in [0.15, 0.2) is 6.61 Å². The van der Waals surface area contributed by atoms with Crippen molar-refractivity contribution in [3.8, 4) is 5.75 Å². The van der Waals surface area contributed by atoms with Crippen LogP contribution in [0.25, 0.3) is 32.6 Å². The van der Waals surface area contributed by atoms with Gasteiger partial charge in [0.25, 0.3) is 5.69 Å². The van der Waals surface area contributed by atoms with Crippen molar-refractivity contribution in [1.82, 2.24) is 4.57 Å². The summed E-state index contributed by atoms with van der Waals surface area (Å²) in [5, 5.41) is 19.0. The van der Waals surface area contributed by atoms with Gasteiger partial charge < -0.3 is 14.1 Å². The van der Waals surface area contributed by atoms with E-state index in [1.54, 1.807) is 24.3 Å². The molecule has 0 saturated heterocycles. The molecule has 0 aliphatic heterocycles. The molecule has 0 spiro atoms. The molecular weight excluding hydrogens is 630 g/mol. The number of hydrogen-bond acceptors (Lipinski definition) is 6. The lowest BCUT2D eigenvalue weighted by molar-refractivity contribution is -0.382. The molecule has 5 aromatic rings. The number of carbonyl (C=O) groups excluding carboxylic acids is 1. The highest BCUT2D eigenvalue weighted by atomic mass is 19.3. The highest BCUT2D eigenvalue weighted by Crippen LogP contribution is 2.40. The second kappa shape index (κ2) is 14.4. The van der Waals surface area contributed by atoms with Gasteiger partial charge in [-0.1, -0.05) is 62.5 Å². The molecule has 12 heteroatoms. The van der Waals surface area contributed by atoms with Crippen molar-refractivity contribution in [3.05, 3.63) is 94.0 Å². The van der Waals surface area contributed by atoms with Gasteiger partial charge in [-0.3, -0.25) is 10.1 Å². The number of halogens is 4. The summed E-state index contributed by atoms with van der Waals surface area (Å²) in [5.41, 5.74) is 2.84. The van der Waals surface area contributed by atoms with Gasteiger partial charge in [-0.25, -0.2) is 13.6 Å². The van der Waals surface area contributed by atoms with E-state index in [1.165, 1.54) is 31.2 Å². The Labute approximate surface area is 274 Å². The molecule has 1 atom stereocenters. The summed E-state index contributed by atoms with van der Waals surface area (Å²) in [5.74, 6) is -4.70. The van der Waals surface area contributed by atoms with Gasteiger partial charge >= 0.3 is 18.3 Å². The van der Waals surface area contributed by atoms with Crippen LogP contribution >= 0.6 is 0 Å². The second-order valence-electron chi connectivity index (χ2n) is 11.8. The van der Waals surface area contributed by atoms with E-state index < -0.39 is 24.9 Å². The smallest absolute Gasteiger partial charge is 0.340 e. The fraction of sp³-hybridized carbons (Fsp3) is 0.333. The Morgan fingerprint density at radius 3 is 2.27 bits per heavy atom. The number of carbonyl (C=O) groups is 1. The predicted molar refractivity (Wildman–Crippen MR) is 177 cm³/mol. The van der Waals surface area contributed by atoms with Crippen LogP contribution in [-0.4, -0.2) is 40.1 Å². The molecule has 0 fully saturated rings. The molecule has 4 aromatic carbocycles. The maximum absolute atomic E-state index is 13.4. The van der Waals surface area contributed by atoms with Crippen LogP contribution in [0.1, 0.15) is 57.6 Å². The molecule has 0 bridgehead atoms. The van der Waals surface area contributed by atoms with Crippen molar-refractivity contribution in [3.63, 3.8) is 0 Å². The molecule has 48 heavy (non-hydrogen) atoms. The summed E-state index contributed by atoms with van der Waals surface area (Å²) in [4.78, 5) is 28.7. The van der Waals surface area contributed by atoms with Gasteiger partial charge in [-0.15, -0.1) is 0 Å². The van der Waals surface area contributed by atoms with Gasteiger partial charge in [-0.05, 0) is 54.8 Å². The third-order valence-electron chi connectivity index (χ3n) is 8.44. The number of hydrogen-bond donors (Lipinski definition) is 0. The van der Waals surface area contributed by atoms with Gasteiger partial charge in [0.05, 0.1) is 15.8 Å². The third-order valence-corrected chi connectivity index (χ3v) is 8.44. The average molecular weight is 666 g/mol. The number of aromatic nitrogens is 1. The zero-order chi connectivity index (χ0) is 34.6. The Kier molecular flexibility index (Phi) is 10.3. The van der Waals surface area contributed by atoms with Crippen LogP contribution in [0.15, 0.2) is 78.0 Å². The number of fused-ring (bicyclic) bond motifs is 5. The first-order valence-electron chi connectivity index (χ1n) is 15.7. The Balaban J connectivity index is 1.67.